The lowest BCUT2D eigenvalue weighted by molar-refractivity contribution is 0.0951. The molecule has 0 atom stereocenters. The van der Waals surface area contributed by atoms with Crippen molar-refractivity contribution >= 4 is 43.8 Å². The Hall–Kier alpha value is -3.91. The molecule has 5 aromatic rings. The summed E-state index contributed by atoms with van der Waals surface area (Å²) in [6.07, 6.45) is 0. The van der Waals surface area contributed by atoms with Crippen LogP contribution in [0.2, 0.25) is 0 Å². The Bertz CT molecular complexity index is 1490. The van der Waals surface area contributed by atoms with E-state index in [0.717, 1.165) is 20.9 Å². The first-order chi connectivity index (χ1) is 15.6. The van der Waals surface area contributed by atoms with Crippen molar-refractivity contribution in [1.29, 1.82) is 0 Å². The predicted molar refractivity (Wildman–Crippen MR) is 125 cm³/mol. The van der Waals surface area contributed by atoms with Crippen LogP contribution in [-0.2, 0) is 0 Å². The minimum absolute atomic E-state index is 0.229. The second-order valence-corrected chi connectivity index (χ2v) is 7.95. The summed E-state index contributed by atoms with van der Waals surface area (Å²) in [4.78, 5) is 20.5. The summed E-state index contributed by atoms with van der Waals surface area (Å²) in [5.74, 6) is 0.936. The standard InChI is InChI=1S/C24H17BrN4O3/c1-31-17-10-11-21-15(12-17)13-18(22-26-19-4-2-3-5-20(19)27-22)24(32-21)29-28-23(30)14-6-8-16(25)9-7-14/h2-13H,1H3,(H,26,27)(H,28,30)/b29-24+. The molecule has 0 radical (unpaired) electrons. The van der Waals surface area contributed by atoms with Gasteiger partial charge >= 0.3 is 0 Å². The van der Waals surface area contributed by atoms with Gasteiger partial charge in [-0.2, -0.15) is 0 Å². The Morgan fingerprint density at radius 2 is 1.91 bits per heavy atom. The molecule has 8 heteroatoms. The first-order valence-electron chi connectivity index (χ1n) is 9.77. The van der Waals surface area contributed by atoms with Gasteiger partial charge in [-0.1, -0.05) is 28.1 Å². The monoisotopic (exact) mass is 488 g/mol. The number of halogens is 1. The summed E-state index contributed by atoms with van der Waals surface area (Å²) in [5, 5.41) is 5.09. The van der Waals surface area contributed by atoms with Gasteiger partial charge in [-0.15, -0.1) is 5.10 Å². The number of carbonyl (C=O) groups excluding carboxylic acids is 1. The number of para-hydroxylation sites is 2. The number of hydrogen-bond donors (Lipinski definition) is 2. The van der Waals surface area contributed by atoms with Crippen LogP contribution in [0.4, 0.5) is 0 Å². The van der Waals surface area contributed by atoms with Crippen molar-refractivity contribution < 1.29 is 13.9 Å². The molecular weight excluding hydrogens is 472 g/mol. The number of rotatable bonds is 4. The quantitative estimate of drug-likeness (QED) is 0.348. The molecule has 0 aliphatic rings. The number of aromatic amines is 1. The zero-order valence-electron chi connectivity index (χ0n) is 16.9. The number of carbonyl (C=O) groups is 1. The summed E-state index contributed by atoms with van der Waals surface area (Å²) in [7, 11) is 1.61. The smallest absolute Gasteiger partial charge is 0.271 e. The highest BCUT2D eigenvalue weighted by atomic mass is 79.9. The van der Waals surface area contributed by atoms with E-state index in [9.17, 15) is 4.79 Å². The number of ether oxygens (including phenoxy) is 1. The second-order valence-electron chi connectivity index (χ2n) is 7.03. The number of hydrogen-bond acceptors (Lipinski definition) is 5. The third kappa shape index (κ3) is 3.88. The van der Waals surface area contributed by atoms with Crippen LogP contribution in [0.5, 0.6) is 5.75 Å². The van der Waals surface area contributed by atoms with Crippen LogP contribution in [0.25, 0.3) is 33.4 Å². The topological polar surface area (TPSA) is 92.5 Å². The van der Waals surface area contributed by atoms with E-state index in [1.54, 1.807) is 43.5 Å². The normalized spacial score (nSPS) is 11.8. The molecule has 0 spiro atoms. The third-order valence-electron chi connectivity index (χ3n) is 4.96. The molecule has 0 fully saturated rings. The molecule has 0 unspecified atom stereocenters. The Balaban J connectivity index is 1.63. The highest BCUT2D eigenvalue weighted by Crippen LogP contribution is 2.24. The van der Waals surface area contributed by atoms with Crippen LogP contribution >= 0.6 is 15.9 Å². The van der Waals surface area contributed by atoms with Crippen molar-refractivity contribution in [1.82, 2.24) is 15.4 Å². The third-order valence-corrected chi connectivity index (χ3v) is 5.49. The van der Waals surface area contributed by atoms with Crippen LogP contribution < -0.4 is 15.7 Å². The number of imidazole rings is 1. The SMILES string of the molecule is COc1ccc2o/c(=N/NC(=O)c3ccc(Br)cc3)c(-c3nc4ccccc4[nH]3)cc2c1. The number of benzene rings is 3. The van der Waals surface area contributed by atoms with E-state index in [4.69, 9.17) is 9.15 Å². The summed E-state index contributed by atoms with van der Waals surface area (Å²) >= 11 is 3.36. The molecule has 1 amide bonds. The van der Waals surface area contributed by atoms with E-state index in [1.165, 1.54) is 0 Å². The van der Waals surface area contributed by atoms with E-state index < -0.39 is 0 Å². The van der Waals surface area contributed by atoms with Gasteiger partial charge in [0.1, 0.15) is 17.2 Å². The molecule has 32 heavy (non-hydrogen) atoms. The van der Waals surface area contributed by atoms with E-state index in [1.807, 2.05) is 36.4 Å². The number of amides is 1. The summed E-state index contributed by atoms with van der Waals surface area (Å²) < 4.78 is 12.3. The van der Waals surface area contributed by atoms with Crippen LogP contribution in [-0.4, -0.2) is 23.0 Å². The van der Waals surface area contributed by atoms with Crippen LogP contribution in [0.15, 0.2) is 86.8 Å². The van der Waals surface area contributed by atoms with Gasteiger partial charge in [0, 0.05) is 15.4 Å². The van der Waals surface area contributed by atoms with Gasteiger partial charge in [-0.05, 0) is 60.7 Å². The van der Waals surface area contributed by atoms with Crippen LogP contribution in [0, 0.1) is 0 Å². The van der Waals surface area contributed by atoms with Crippen molar-refractivity contribution in [2.45, 2.75) is 0 Å². The fourth-order valence-electron chi connectivity index (χ4n) is 3.34. The van der Waals surface area contributed by atoms with Gasteiger partial charge in [0.15, 0.2) is 0 Å². The average Bonchev–Trinajstić information content (AvgIpc) is 3.26. The molecule has 7 nitrogen and oxygen atoms in total. The molecule has 0 bridgehead atoms. The molecule has 0 aliphatic heterocycles. The molecule has 5 rings (SSSR count). The fourth-order valence-corrected chi connectivity index (χ4v) is 3.60. The minimum Gasteiger partial charge on any atom is -0.497 e. The van der Waals surface area contributed by atoms with Gasteiger partial charge in [-0.25, -0.2) is 10.4 Å². The molecule has 0 saturated heterocycles. The minimum atomic E-state index is -0.349. The zero-order chi connectivity index (χ0) is 22.1. The fraction of sp³-hybridized carbons (Fsp3) is 0.0417. The maximum atomic E-state index is 12.6. The van der Waals surface area contributed by atoms with E-state index in [-0.39, 0.29) is 11.5 Å². The highest BCUT2D eigenvalue weighted by molar-refractivity contribution is 9.10. The molecule has 0 saturated carbocycles. The van der Waals surface area contributed by atoms with Crippen LogP contribution in [0.3, 0.4) is 0 Å². The lowest BCUT2D eigenvalue weighted by atomic mass is 10.1. The Morgan fingerprint density at radius 3 is 2.69 bits per heavy atom. The highest BCUT2D eigenvalue weighted by Gasteiger charge is 2.13. The molecular formula is C24H17BrN4O3. The maximum Gasteiger partial charge on any atom is 0.271 e. The van der Waals surface area contributed by atoms with E-state index >= 15 is 0 Å². The van der Waals surface area contributed by atoms with E-state index in [2.05, 4.69) is 36.4 Å². The van der Waals surface area contributed by atoms with Gasteiger partial charge in [-0.3, -0.25) is 4.79 Å². The second kappa shape index (κ2) is 8.32. The first-order valence-corrected chi connectivity index (χ1v) is 10.6. The number of H-pyrrole nitrogens is 1. The van der Waals surface area contributed by atoms with Crippen molar-refractivity contribution in [3.8, 4) is 17.1 Å². The summed E-state index contributed by atoms with van der Waals surface area (Å²) in [5.41, 5.74) is 6.20. The number of nitrogens with zero attached hydrogens (tertiary/aromatic N) is 2. The van der Waals surface area contributed by atoms with Gasteiger partial charge < -0.3 is 14.1 Å². The molecule has 2 N–H and O–H groups in total. The Kier molecular flexibility index (Phi) is 5.20. The molecule has 3 aromatic carbocycles. The van der Waals surface area contributed by atoms with Crippen LogP contribution in [0.1, 0.15) is 10.4 Å². The summed E-state index contributed by atoms with van der Waals surface area (Å²) in [6, 6.07) is 22.1. The Morgan fingerprint density at radius 1 is 1.09 bits per heavy atom. The first kappa shape index (κ1) is 20.0. The lowest BCUT2D eigenvalue weighted by Crippen LogP contribution is -2.22. The molecule has 2 aromatic heterocycles. The predicted octanol–water partition coefficient (Wildman–Crippen LogP) is 4.99. The van der Waals surface area contributed by atoms with Crippen molar-refractivity contribution in [2.24, 2.45) is 5.10 Å². The average molecular weight is 489 g/mol. The maximum absolute atomic E-state index is 12.6. The van der Waals surface area contributed by atoms with Gasteiger partial charge in [0.05, 0.1) is 23.7 Å². The lowest BCUT2D eigenvalue weighted by Gasteiger charge is -2.05. The zero-order valence-corrected chi connectivity index (χ0v) is 18.5. The number of methoxy groups -OCH3 is 1. The summed E-state index contributed by atoms with van der Waals surface area (Å²) in [6.45, 7) is 0. The Labute approximate surface area is 190 Å². The van der Waals surface area contributed by atoms with Gasteiger partial charge in [0.2, 0.25) is 5.55 Å². The number of nitrogens with one attached hydrogen (secondary N) is 2. The number of fused-ring (bicyclic) bond motifs is 2. The molecule has 0 aliphatic carbocycles. The molecule has 158 valence electrons. The van der Waals surface area contributed by atoms with Crippen molar-refractivity contribution in [2.75, 3.05) is 7.11 Å². The van der Waals surface area contributed by atoms with Crippen molar-refractivity contribution in [3.05, 3.63) is 88.4 Å². The number of aromatic nitrogens is 2. The van der Waals surface area contributed by atoms with Crippen molar-refractivity contribution in [3.63, 3.8) is 0 Å². The largest absolute Gasteiger partial charge is 0.497 e. The van der Waals surface area contributed by atoms with E-state index in [0.29, 0.717) is 28.3 Å². The van der Waals surface area contributed by atoms with Gasteiger partial charge in [0.25, 0.3) is 5.91 Å². The molecule has 2 heterocycles.